The molecule has 0 spiro atoms. The molecule has 4 nitrogen and oxygen atoms in total. The molecule has 1 saturated heterocycles. The maximum absolute atomic E-state index is 5.78. The normalized spacial score (nSPS) is 17.2. The van der Waals surface area contributed by atoms with Crippen LogP contribution in [-0.2, 0) is 6.42 Å². The summed E-state index contributed by atoms with van der Waals surface area (Å²) in [6.07, 6.45) is 8.32. The Kier molecular flexibility index (Phi) is 4.27. The van der Waals surface area contributed by atoms with Crippen molar-refractivity contribution in [1.29, 1.82) is 0 Å². The minimum Gasteiger partial charge on any atom is -0.355 e. The number of nitrogens with zero attached hydrogens (tertiary/aromatic N) is 3. The molecule has 0 unspecified atom stereocenters. The molecule has 1 fully saturated rings. The van der Waals surface area contributed by atoms with Crippen LogP contribution in [0, 0.1) is 5.92 Å². The predicted molar refractivity (Wildman–Crippen MR) is 85.7 cm³/mol. The Morgan fingerprint density at radius 1 is 1.40 bits per heavy atom. The smallest absolute Gasteiger partial charge is 0.195 e. The first-order valence-corrected chi connectivity index (χ1v) is 8.61. The van der Waals surface area contributed by atoms with Crippen molar-refractivity contribution in [3.63, 3.8) is 0 Å². The summed E-state index contributed by atoms with van der Waals surface area (Å²) < 4.78 is 2.21. The first kappa shape index (κ1) is 13.9. The van der Waals surface area contributed by atoms with E-state index in [9.17, 15) is 0 Å². The Morgan fingerprint density at radius 2 is 2.20 bits per heavy atom. The number of imidazole rings is 1. The molecular weight excluding hydrogens is 268 g/mol. The Hall–Kier alpha value is -1.07. The molecule has 2 aromatic heterocycles. The highest BCUT2D eigenvalue weighted by Gasteiger charge is 2.23. The standard InChI is InChI=1S/C15H24N4S/c1-2-3-12-5-8-18(9-6-12)14-13(4-7-16)19-10-11-20-15(19)17-14/h10-12H,2-9,16H2,1H3. The molecule has 0 radical (unpaired) electrons. The largest absolute Gasteiger partial charge is 0.355 e. The second-order valence-electron chi connectivity index (χ2n) is 5.70. The maximum atomic E-state index is 5.78. The lowest BCUT2D eigenvalue weighted by atomic mass is 9.92. The number of rotatable bonds is 5. The van der Waals surface area contributed by atoms with Crippen LogP contribution < -0.4 is 10.6 Å². The number of hydrogen-bond donors (Lipinski definition) is 1. The van der Waals surface area contributed by atoms with Gasteiger partial charge < -0.3 is 10.6 Å². The number of aromatic nitrogens is 2. The molecule has 3 heterocycles. The number of nitrogens with two attached hydrogens (primary N) is 1. The summed E-state index contributed by atoms with van der Waals surface area (Å²) in [5, 5.41) is 2.10. The van der Waals surface area contributed by atoms with Gasteiger partial charge in [-0.25, -0.2) is 4.98 Å². The van der Waals surface area contributed by atoms with Gasteiger partial charge in [0.2, 0.25) is 0 Å². The first-order valence-electron chi connectivity index (χ1n) is 7.73. The quantitative estimate of drug-likeness (QED) is 0.921. The third-order valence-corrected chi connectivity index (χ3v) is 5.09. The van der Waals surface area contributed by atoms with E-state index in [1.54, 1.807) is 11.3 Å². The van der Waals surface area contributed by atoms with E-state index in [0.717, 1.165) is 30.4 Å². The molecule has 0 bridgehead atoms. The second-order valence-corrected chi connectivity index (χ2v) is 6.57. The van der Waals surface area contributed by atoms with E-state index in [1.807, 2.05) is 0 Å². The number of thiazole rings is 1. The summed E-state index contributed by atoms with van der Waals surface area (Å²) in [5.41, 5.74) is 7.07. The first-order chi connectivity index (χ1) is 9.83. The van der Waals surface area contributed by atoms with E-state index in [2.05, 4.69) is 27.8 Å². The number of anilines is 1. The SMILES string of the molecule is CCCC1CCN(c2nc3sccn3c2CCN)CC1. The Balaban J connectivity index is 1.80. The van der Waals surface area contributed by atoms with E-state index >= 15 is 0 Å². The topological polar surface area (TPSA) is 46.6 Å². The number of piperidine rings is 1. The molecule has 2 aromatic rings. The van der Waals surface area contributed by atoms with Crippen LogP contribution in [0.25, 0.3) is 4.96 Å². The van der Waals surface area contributed by atoms with Crippen LogP contribution in [0.1, 0.15) is 38.3 Å². The fourth-order valence-corrected chi connectivity index (χ4v) is 4.01. The maximum Gasteiger partial charge on any atom is 0.195 e. The molecule has 110 valence electrons. The van der Waals surface area contributed by atoms with E-state index in [-0.39, 0.29) is 0 Å². The van der Waals surface area contributed by atoms with Gasteiger partial charge in [-0.2, -0.15) is 0 Å². The van der Waals surface area contributed by atoms with E-state index in [0.29, 0.717) is 6.54 Å². The fourth-order valence-electron chi connectivity index (χ4n) is 3.29. The minimum absolute atomic E-state index is 0.683. The second kappa shape index (κ2) is 6.14. The van der Waals surface area contributed by atoms with Gasteiger partial charge in [0.05, 0.1) is 5.69 Å². The predicted octanol–water partition coefficient (Wildman–Crippen LogP) is 2.91. The third kappa shape index (κ3) is 2.56. The Bertz CT molecular complexity index is 551. The summed E-state index contributed by atoms with van der Waals surface area (Å²) >= 11 is 1.71. The highest BCUT2D eigenvalue weighted by molar-refractivity contribution is 7.15. The summed E-state index contributed by atoms with van der Waals surface area (Å²) in [6, 6.07) is 0. The van der Waals surface area contributed by atoms with Gasteiger partial charge >= 0.3 is 0 Å². The van der Waals surface area contributed by atoms with Crippen molar-refractivity contribution in [3.05, 3.63) is 17.3 Å². The summed E-state index contributed by atoms with van der Waals surface area (Å²) in [6.45, 7) is 5.26. The zero-order valence-corrected chi connectivity index (χ0v) is 13.0. The van der Waals surface area contributed by atoms with E-state index < -0.39 is 0 Å². The van der Waals surface area contributed by atoms with Gasteiger partial charge in [-0.05, 0) is 25.3 Å². The molecule has 5 heteroatoms. The van der Waals surface area contributed by atoms with E-state index in [1.165, 1.54) is 37.2 Å². The molecule has 0 atom stereocenters. The van der Waals surface area contributed by atoms with Crippen LogP contribution in [0.5, 0.6) is 0 Å². The van der Waals surface area contributed by atoms with Gasteiger partial charge in [0.1, 0.15) is 0 Å². The summed E-state index contributed by atoms with van der Waals surface area (Å²) in [4.78, 5) is 8.40. The molecule has 1 aliphatic rings. The van der Waals surface area contributed by atoms with Gasteiger partial charge in [-0.15, -0.1) is 11.3 Å². The third-order valence-electron chi connectivity index (χ3n) is 4.33. The van der Waals surface area contributed by atoms with Crippen molar-refractivity contribution >= 4 is 22.1 Å². The molecule has 3 rings (SSSR count). The monoisotopic (exact) mass is 292 g/mol. The zero-order valence-electron chi connectivity index (χ0n) is 12.2. The van der Waals surface area contributed by atoms with Crippen LogP contribution in [0.2, 0.25) is 0 Å². The number of hydrogen-bond acceptors (Lipinski definition) is 4. The lowest BCUT2D eigenvalue weighted by Gasteiger charge is -2.32. The van der Waals surface area contributed by atoms with Crippen molar-refractivity contribution in [2.45, 2.75) is 39.0 Å². The molecular formula is C15H24N4S. The molecule has 20 heavy (non-hydrogen) atoms. The van der Waals surface area contributed by atoms with Crippen molar-refractivity contribution in [3.8, 4) is 0 Å². The van der Waals surface area contributed by atoms with Gasteiger partial charge in [0.25, 0.3) is 0 Å². The van der Waals surface area contributed by atoms with Crippen molar-refractivity contribution in [2.75, 3.05) is 24.5 Å². The average molecular weight is 292 g/mol. The van der Waals surface area contributed by atoms with Crippen LogP contribution >= 0.6 is 11.3 Å². The number of fused-ring (bicyclic) bond motifs is 1. The van der Waals surface area contributed by atoms with Crippen LogP contribution in [0.15, 0.2) is 11.6 Å². The highest BCUT2D eigenvalue weighted by atomic mass is 32.1. The molecule has 0 aromatic carbocycles. The molecule has 1 aliphatic heterocycles. The summed E-state index contributed by atoms with van der Waals surface area (Å²) in [5.74, 6) is 2.09. The zero-order chi connectivity index (χ0) is 13.9. The van der Waals surface area contributed by atoms with Crippen molar-refractivity contribution in [1.82, 2.24) is 9.38 Å². The van der Waals surface area contributed by atoms with Gasteiger partial charge in [-0.3, -0.25) is 4.40 Å². The van der Waals surface area contributed by atoms with Crippen LogP contribution in [-0.4, -0.2) is 29.0 Å². The molecule has 0 aliphatic carbocycles. The average Bonchev–Trinajstić information content (AvgIpc) is 3.03. The molecule has 0 saturated carbocycles. The Morgan fingerprint density at radius 3 is 2.90 bits per heavy atom. The molecule has 0 amide bonds. The van der Waals surface area contributed by atoms with Gasteiger partial charge in [0.15, 0.2) is 10.8 Å². The van der Waals surface area contributed by atoms with Crippen LogP contribution in [0.3, 0.4) is 0 Å². The Labute approximate surface area is 124 Å². The van der Waals surface area contributed by atoms with E-state index in [4.69, 9.17) is 10.7 Å². The lowest BCUT2D eigenvalue weighted by molar-refractivity contribution is 0.377. The highest BCUT2D eigenvalue weighted by Crippen LogP contribution is 2.30. The summed E-state index contributed by atoms with van der Waals surface area (Å²) in [7, 11) is 0. The fraction of sp³-hybridized carbons (Fsp3) is 0.667. The lowest BCUT2D eigenvalue weighted by Crippen LogP contribution is -2.34. The van der Waals surface area contributed by atoms with Gasteiger partial charge in [0, 0.05) is 31.1 Å². The minimum atomic E-state index is 0.683. The molecule has 2 N–H and O–H groups in total. The van der Waals surface area contributed by atoms with Crippen LogP contribution in [0.4, 0.5) is 5.82 Å². The van der Waals surface area contributed by atoms with Crippen molar-refractivity contribution < 1.29 is 0 Å². The van der Waals surface area contributed by atoms with Gasteiger partial charge in [-0.1, -0.05) is 19.8 Å². The van der Waals surface area contributed by atoms with Crippen molar-refractivity contribution in [2.24, 2.45) is 11.7 Å².